The first kappa shape index (κ1) is 17.8. The van der Waals surface area contributed by atoms with Crippen LogP contribution < -0.4 is 10.9 Å². The van der Waals surface area contributed by atoms with Gasteiger partial charge in [0, 0.05) is 23.9 Å². The second kappa shape index (κ2) is 7.94. The number of fused-ring (bicyclic) bond motifs is 1. The van der Waals surface area contributed by atoms with Crippen LogP contribution in [0.25, 0.3) is 11.3 Å². The van der Waals surface area contributed by atoms with E-state index in [-0.39, 0.29) is 5.56 Å². The van der Waals surface area contributed by atoms with Gasteiger partial charge in [0.15, 0.2) is 0 Å². The second-order valence-corrected chi connectivity index (χ2v) is 7.02. The van der Waals surface area contributed by atoms with Crippen LogP contribution in [-0.2, 0) is 19.4 Å². The number of hydrogen-bond donors (Lipinski definition) is 3. The van der Waals surface area contributed by atoms with Crippen molar-refractivity contribution in [1.29, 1.82) is 0 Å². The summed E-state index contributed by atoms with van der Waals surface area (Å²) >= 11 is 0. The largest absolute Gasteiger partial charge is 0.460 e. The molecule has 2 heterocycles. The zero-order valence-electron chi connectivity index (χ0n) is 15.2. The molecule has 1 unspecified atom stereocenters. The van der Waals surface area contributed by atoms with Gasteiger partial charge in [-0.05, 0) is 48.9 Å². The Labute approximate surface area is 158 Å². The Morgan fingerprint density at radius 2 is 1.85 bits per heavy atom. The second-order valence-electron chi connectivity index (χ2n) is 7.02. The Morgan fingerprint density at radius 1 is 1.07 bits per heavy atom. The van der Waals surface area contributed by atoms with E-state index in [1.54, 1.807) is 6.20 Å². The fraction of sp³-hybridized carbons (Fsp3) is 0.318. The third kappa shape index (κ3) is 3.89. The highest BCUT2D eigenvalue weighted by atomic mass is 16.3. The fourth-order valence-corrected chi connectivity index (χ4v) is 3.73. The summed E-state index contributed by atoms with van der Waals surface area (Å²) in [5.41, 5.74) is 3.93. The molecule has 5 nitrogen and oxygen atoms in total. The van der Waals surface area contributed by atoms with Crippen molar-refractivity contribution in [3.05, 3.63) is 81.5 Å². The van der Waals surface area contributed by atoms with Crippen LogP contribution in [0.3, 0.4) is 0 Å². The molecule has 27 heavy (non-hydrogen) atoms. The highest BCUT2D eigenvalue weighted by Crippen LogP contribution is 2.30. The minimum absolute atomic E-state index is 0.0248. The van der Waals surface area contributed by atoms with Crippen LogP contribution in [0.5, 0.6) is 0 Å². The van der Waals surface area contributed by atoms with Gasteiger partial charge in [-0.25, -0.2) is 0 Å². The zero-order valence-corrected chi connectivity index (χ0v) is 15.2. The van der Waals surface area contributed by atoms with Gasteiger partial charge in [0.25, 0.3) is 5.56 Å². The van der Waals surface area contributed by atoms with Gasteiger partial charge in [-0.2, -0.15) is 0 Å². The first-order chi connectivity index (χ1) is 13.2. The molecule has 1 atom stereocenters. The number of benzene rings is 1. The van der Waals surface area contributed by atoms with E-state index in [2.05, 4.69) is 10.3 Å². The number of furan rings is 1. The van der Waals surface area contributed by atoms with Crippen LogP contribution in [0.2, 0.25) is 0 Å². The Balaban J connectivity index is 1.43. The third-order valence-corrected chi connectivity index (χ3v) is 5.16. The number of aliphatic hydroxyl groups excluding tert-OH is 1. The molecule has 2 aromatic heterocycles. The van der Waals surface area contributed by atoms with Gasteiger partial charge < -0.3 is 19.8 Å². The van der Waals surface area contributed by atoms with Crippen molar-refractivity contribution in [2.45, 2.75) is 38.3 Å². The van der Waals surface area contributed by atoms with Crippen molar-refractivity contribution < 1.29 is 9.52 Å². The number of aromatic amines is 1. The molecule has 0 radical (unpaired) electrons. The molecule has 1 aliphatic rings. The number of H-pyrrole nitrogens is 1. The molecule has 3 N–H and O–H groups in total. The maximum Gasteiger partial charge on any atom is 0.251 e. The number of aliphatic hydroxyl groups is 1. The molecule has 0 saturated heterocycles. The van der Waals surface area contributed by atoms with E-state index in [1.165, 1.54) is 0 Å². The standard InChI is InChI=1S/C22H24N2O3/c25-20(15-6-2-1-3-7-15)14-23-12-16-10-11-21(27-16)19-13-24-22(26)18-9-5-4-8-17(18)19/h1-3,6-7,10-11,13,20,23,25H,4-5,8-9,12,14H2,(H,24,26). The predicted octanol–water partition coefficient (Wildman–Crippen LogP) is 3.34. The topological polar surface area (TPSA) is 78.3 Å². The molecule has 0 aliphatic heterocycles. The van der Waals surface area contributed by atoms with Crippen molar-refractivity contribution in [2.75, 3.05) is 6.54 Å². The summed E-state index contributed by atoms with van der Waals surface area (Å²) in [6.07, 6.45) is 5.15. The maximum absolute atomic E-state index is 12.1. The summed E-state index contributed by atoms with van der Waals surface area (Å²) in [5.74, 6) is 1.59. The van der Waals surface area contributed by atoms with Crippen LogP contribution in [-0.4, -0.2) is 16.6 Å². The number of aromatic nitrogens is 1. The number of rotatable bonds is 6. The summed E-state index contributed by atoms with van der Waals surface area (Å²) in [6.45, 7) is 0.990. The van der Waals surface area contributed by atoms with Gasteiger partial charge in [-0.15, -0.1) is 0 Å². The van der Waals surface area contributed by atoms with E-state index in [4.69, 9.17) is 4.42 Å². The lowest BCUT2D eigenvalue weighted by atomic mass is 9.89. The lowest BCUT2D eigenvalue weighted by Gasteiger charge is -2.17. The van der Waals surface area contributed by atoms with E-state index >= 15 is 0 Å². The Morgan fingerprint density at radius 3 is 2.67 bits per heavy atom. The first-order valence-electron chi connectivity index (χ1n) is 9.48. The Hall–Kier alpha value is -2.63. The highest BCUT2D eigenvalue weighted by Gasteiger charge is 2.19. The van der Waals surface area contributed by atoms with Gasteiger partial charge >= 0.3 is 0 Å². The van der Waals surface area contributed by atoms with Crippen LogP contribution >= 0.6 is 0 Å². The molecule has 0 amide bonds. The monoisotopic (exact) mass is 364 g/mol. The van der Waals surface area contributed by atoms with Crippen molar-refractivity contribution in [2.24, 2.45) is 0 Å². The summed E-state index contributed by atoms with van der Waals surface area (Å²) in [5, 5.41) is 13.4. The molecular formula is C22H24N2O3. The van der Waals surface area contributed by atoms with Crippen molar-refractivity contribution in [3.63, 3.8) is 0 Å². The molecular weight excluding hydrogens is 340 g/mol. The molecule has 0 spiro atoms. The van der Waals surface area contributed by atoms with E-state index in [9.17, 15) is 9.90 Å². The smallest absolute Gasteiger partial charge is 0.251 e. The minimum Gasteiger partial charge on any atom is -0.460 e. The number of pyridine rings is 1. The van der Waals surface area contributed by atoms with E-state index in [0.717, 1.165) is 59.5 Å². The quantitative estimate of drug-likeness (QED) is 0.627. The van der Waals surface area contributed by atoms with E-state index in [1.807, 2.05) is 42.5 Å². The highest BCUT2D eigenvalue weighted by molar-refractivity contribution is 5.63. The van der Waals surface area contributed by atoms with Crippen LogP contribution in [0.15, 0.2) is 57.9 Å². The Bertz CT molecular complexity index is 959. The molecule has 140 valence electrons. The molecule has 3 aromatic rings. The summed E-state index contributed by atoms with van der Waals surface area (Å²) < 4.78 is 6.00. The molecule has 0 bridgehead atoms. The summed E-state index contributed by atoms with van der Waals surface area (Å²) in [6, 6.07) is 13.5. The van der Waals surface area contributed by atoms with Gasteiger partial charge in [0.05, 0.1) is 12.6 Å². The van der Waals surface area contributed by atoms with Gasteiger partial charge in [0.2, 0.25) is 0 Å². The van der Waals surface area contributed by atoms with E-state index in [0.29, 0.717) is 13.1 Å². The fourth-order valence-electron chi connectivity index (χ4n) is 3.73. The van der Waals surface area contributed by atoms with Crippen LogP contribution in [0.1, 0.15) is 41.4 Å². The minimum atomic E-state index is -0.549. The third-order valence-electron chi connectivity index (χ3n) is 5.16. The lowest BCUT2D eigenvalue weighted by molar-refractivity contribution is 0.173. The van der Waals surface area contributed by atoms with Gasteiger partial charge in [0.1, 0.15) is 11.5 Å². The normalized spacial score (nSPS) is 14.7. The Kier molecular flexibility index (Phi) is 5.23. The van der Waals surface area contributed by atoms with Crippen molar-refractivity contribution >= 4 is 0 Å². The predicted molar refractivity (Wildman–Crippen MR) is 105 cm³/mol. The van der Waals surface area contributed by atoms with Gasteiger partial charge in [-0.3, -0.25) is 4.79 Å². The van der Waals surface area contributed by atoms with Gasteiger partial charge in [-0.1, -0.05) is 30.3 Å². The zero-order chi connectivity index (χ0) is 18.6. The number of hydrogen-bond acceptors (Lipinski definition) is 4. The van der Waals surface area contributed by atoms with Crippen LogP contribution in [0.4, 0.5) is 0 Å². The SMILES string of the molecule is O=c1[nH]cc(-c2ccc(CNCC(O)c3ccccc3)o2)c2c1CCCC2. The van der Waals surface area contributed by atoms with Crippen molar-refractivity contribution in [1.82, 2.24) is 10.3 Å². The van der Waals surface area contributed by atoms with E-state index < -0.39 is 6.10 Å². The first-order valence-corrected chi connectivity index (χ1v) is 9.48. The van der Waals surface area contributed by atoms with Crippen LogP contribution in [0, 0.1) is 0 Å². The molecule has 5 heteroatoms. The molecule has 0 saturated carbocycles. The number of nitrogens with one attached hydrogen (secondary N) is 2. The average molecular weight is 364 g/mol. The summed E-state index contributed by atoms with van der Waals surface area (Å²) in [7, 11) is 0. The molecule has 0 fully saturated rings. The maximum atomic E-state index is 12.1. The molecule has 4 rings (SSSR count). The van der Waals surface area contributed by atoms with Crippen molar-refractivity contribution in [3.8, 4) is 11.3 Å². The molecule has 1 aliphatic carbocycles. The average Bonchev–Trinajstić information content (AvgIpc) is 3.18. The molecule has 1 aromatic carbocycles. The lowest BCUT2D eigenvalue weighted by Crippen LogP contribution is -2.20. The summed E-state index contributed by atoms with van der Waals surface area (Å²) in [4.78, 5) is 14.9.